The molecule has 1 fully saturated rings. The summed E-state index contributed by atoms with van der Waals surface area (Å²) in [5.74, 6) is 0.658. The molecule has 0 unspecified atom stereocenters. The number of nitrogens with one attached hydrogen (secondary N) is 1. The van der Waals surface area contributed by atoms with Crippen molar-refractivity contribution in [2.24, 2.45) is 7.05 Å². The third kappa shape index (κ3) is 4.76. The molecule has 4 aromatic rings. The van der Waals surface area contributed by atoms with E-state index in [9.17, 15) is 14.0 Å². The highest BCUT2D eigenvalue weighted by Gasteiger charge is 2.25. The zero-order valence-electron chi connectivity index (χ0n) is 19.3. The first-order valence-electron chi connectivity index (χ1n) is 11.3. The molecular formula is C25H24ClFN4O3S. The molecule has 3 aromatic heterocycles. The van der Waals surface area contributed by atoms with E-state index in [-0.39, 0.29) is 23.9 Å². The maximum atomic E-state index is 14.0. The SMILES string of the molecule is Cc1cc(Cl)cc(-c2ccnc3cc(Cn4c(=O)ccn(C)c4=O)sc23)c1O[C@@H]1CNC[C@H](F)C1. The minimum absolute atomic E-state index is 0.149. The lowest BCUT2D eigenvalue weighted by Crippen LogP contribution is -2.43. The number of rotatable bonds is 5. The van der Waals surface area contributed by atoms with E-state index in [4.69, 9.17) is 16.3 Å². The van der Waals surface area contributed by atoms with Gasteiger partial charge in [-0.15, -0.1) is 11.3 Å². The van der Waals surface area contributed by atoms with Crippen molar-refractivity contribution in [3.8, 4) is 16.9 Å². The highest BCUT2D eigenvalue weighted by atomic mass is 35.5. The number of hydrogen-bond acceptors (Lipinski definition) is 6. The van der Waals surface area contributed by atoms with Crippen LogP contribution in [0.25, 0.3) is 21.3 Å². The number of aryl methyl sites for hydroxylation is 2. The molecule has 35 heavy (non-hydrogen) atoms. The average molecular weight is 515 g/mol. The lowest BCUT2D eigenvalue weighted by atomic mass is 10.0. The average Bonchev–Trinajstić information content (AvgIpc) is 3.24. The van der Waals surface area contributed by atoms with Crippen molar-refractivity contribution in [2.75, 3.05) is 13.1 Å². The highest BCUT2D eigenvalue weighted by molar-refractivity contribution is 7.19. The van der Waals surface area contributed by atoms with E-state index in [1.54, 1.807) is 13.2 Å². The molecule has 1 N–H and O–H groups in total. The molecule has 4 heterocycles. The predicted molar refractivity (Wildman–Crippen MR) is 137 cm³/mol. The molecule has 10 heteroatoms. The molecule has 1 saturated heterocycles. The van der Waals surface area contributed by atoms with Gasteiger partial charge in [-0.25, -0.2) is 9.18 Å². The maximum absolute atomic E-state index is 14.0. The molecule has 0 spiro atoms. The van der Waals surface area contributed by atoms with Gasteiger partial charge in [0.15, 0.2) is 0 Å². The standard InChI is InChI=1S/C25H24ClFN4O3S/c1-14-7-15(26)8-20(23(14)34-17-9-16(27)11-28-12-17)19-3-5-29-21-10-18(35-24(19)21)13-31-22(32)4-6-30(2)25(31)33/h3-8,10,16-17,28H,9,11-13H2,1-2H3/t16-,17+/m1/s1. The van der Waals surface area contributed by atoms with Crippen LogP contribution in [0.3, 0.4) is 0 Å². The quantitative estimate of drug-likeness (QED) is 0.437. The van der Waals surface area contributed by atoms with Crippen LogP contribution in [0.4, 0.5) is 4.39 Å². The Kier molecular flexibility index (Phi) is 6.48. The van der Waals surface area contributed by atoms with E-state index < -0.39 is 6.17 Å². The molecule has 1 aliphatic heterocycles. The smallest absolute Gasteiger partial charge is 0.331 e. The number of alkyl halides is 1. The Morgan fingerprint density at radius 3 is 2.86 bits per heavy atom. The fraction of sp³-hybridized carbons (Fsp3) is 0.320. The van der Waals surface area contributed by atoms with Gasteiger partial charge >= 0.3 is 5.69 Å². The first-order chi connectivity index (χ1) is 16.8. The largest absolute Gasteiger partial charge is 0.488 e. The monoisotopic (exact) mass is 514 g/mol. The van der Waals surface area contributed by atoms with Gasteiger partial charge in [-0.2, -0.15) is 0 Å². The first-order valence-corrected chi connectivity index (χ1v) is 12.5. The first kappa shape index (κ1) is 23.7. The van der Waals surface area contributed by atoms with Crippen LogP contribution < -0.4 is 21.3 Å². The summed E-state index contributed by atoms with van der Waals surface area (Å²) in [6.07, 6.45) is 2.24. The van der Waals surface area contributed by atoms with Gasteiger partial charge in [0.25, 0.3) is 5.56 Å². The van der Waals surface area contributed by atoms with Gasteiger partial charge < -0.3 is 14.6 Å². The Morgan fingerprint density at radius 2 is 2.06 bits per heavy atom. The second-order valence-electron chi connectivity index (χ2n) is 8.75. The number of thiophene rings is 1. The van der Waals surface area contributed by atoms with Gasteiger partial charge in [-0.1, -0.05) is 11.6 Å². The predicted octanol–water partition coefficient (Wildman–Crippen LogP) is 3.91. The molecule has 0 amide bonds. The van der Waals surface area contributed by atoms with E-state index in [1.807, 2.05) is 31.2 Å². The molecule has 182 valence electrons. The molecule has 7 nitrogen and oxygen atoms in total. The molecular weight excluding hydrogens is 491 g/mol. The summed E-state index contributed by atoms with van der Waals surface area (Å²) >= 11 is 7.90. The van der Waals surface area contributed by atoms with Crippen LogP contribution in [0.5, 0.6) is 5.75 Å². The number of aromatic nitrogens is 3. The third-order valence-corrected chi connectivity index (χ3v) is 7.45. The van der Waals surface area contributed by atoms with E-state index in [1.165, 1.54) is 32.7 Å². The summed E-state index contributed by atoms with van der Waals surface area (Å²) in [4.78, 5) is 30.1. The molecule has 0 saturated carbocycles. The van der Waals surface area contributed by atoms with Crippen LogP contribution in [0, 0.1) is 6.92 Å². The number of ether oxygens (including phenoxy) is 1. The van der Waals surface area contributed by atoms with Crippen molar-refractivity contribution in [1.82, 2.24) is 19.4 Å². The van der Waals surface area contributed by atoms with Crippen LogP contribution in [0.15, 0.2) is 52.3 Å². The van der Waals surface area contributed by atoms with Crippen molar-refractivity contribution in [1.29, 1.82) is 0 Å². The minimum atomic E-state index is -0.952. The molecule has 1 aliphatic rings. The molecule has 0 bridgehead atoms. The Balaban J connectivity index is 1.58. The van der Waals surface area contributed by atoms with Crippen LogP contribution in [0.1, 0.15) is 16.9 Å². The number of piperidine rings is 1. The van der Waals surface area contributed by atoms with Gasteiger partial charge in [-0.3, -0.25) is 14.3 Å². The molecule has 5 rings (SSSR count). The summed E-state index contributed by atoms with van der Waals surface area (Å²) in [5.41, 5.74) is 2.54. The van der Waals surface area contributed by atoms with Crippen molar-refractivity contribution in [3.05, 3.63) is 79.0 Å². The second kappa shape index (κ2) is 9.56. The fourth-order valence-corrected chi connectivity index (χ4v) is 5.79. The Bertz CT molecular complexity index is 1530. The zero-order valence-corrected chi connectivity index (χ0v) is 20.8. The van der Waals surface area contributed by atoms with Crippen molar-refractivity contribution >= 4 is 33.2 Å². The topological polar surface area (TPSA) is 78.2 Å². The number of halogens is 2. The maximum Gasteiger partial charge on any atom is 0.331 e. The van der Waals surface area contributed by atoms with Crippen LogP contribution in [0.2, 0.25) is 5.02 Å². The molecule has 2 atom stereocenters. The van der Waals surface area contributed by atoms with Gasteiger partial charge in [0.2, 0.25) is 0 Å². The number of benzene rings is 1. The number of nitrogens with zero attached hydrogens (tertiary/aromatic N) is 3. The summed E-state index contributed by atoms with van der Waals surface area (Å²) in [6.45, 7) is 2.97. The van der Waals surface area contributed by atoms with Gasteiger partial charge in [0, 0.05) is 66.0 Å². The van der Waals surface area contributed by atoms with Gasteiger partial charge in [0.05, 0.1) is 16.8 Å². The Hall–Kier alpha value is -3.01. The lowest BCUT2D eigenvalue weighted by molar-refractivity contribution is 0.116. The van der Waals surface area contributed by atoms with Crippen molar-refractivity contribution < 1.29 is 9.13 Å². The van der Waals surface area contributed by atoms with Crippen LogP contribution in [-0.4, -0.2) is 39.5 Å². The van der Waals surface area contributed by atoms with E-state index in [2.05, 4.69) is 10.3 Å². The van der Waals surface area contributed by atoms with Crippen LogP contribution in [-0.2, 0) is 13.6 Å². The Morgan fingerprint density at radius 1 is 1.23 bits per heavy atom. The summed E-state index contributed by atoms with van der Waals surface area (Å²) in [5, 5.41) is 3.64. The summed E-state index contributed by atoms with van der Waals surface area (Å²) in [7, 11) is 1.61. The molecule has 0 radical (unpaired) electrons. The molecule has 1 aromatic carbocycles. The highest BCUT2D eigenvalue weighted by Crippen LogP contribution is 2.42. The van der Waals surface area contributed by atoms with E-state index >= 15 is 0 Å². The Labute approximate surface area is 209 Å². The molecule has 0 aliphatic carbocycles. The van der Waals surface area contributed by atoms with Crippen molar-refractivity contribution in [2.45, 2.75) is 32.2 Å². The number of hydrogen-bond donors (Lipinski definition) is 1. The fourth-order valence-electron chi connectivity index (χ4n) is 4.39. The van der Waals surface area contributed by atoms with E-state index in [0.29, 0.717) is 30.3 Å². The number of fused-ring (bicyclic) bond motifs is 1. The van der Waals surface area contributed by atoms with Gasteiger partial charge in [0.1, 0.15) is 18.0 Å². The summed E-state index contributed by atoms with van der Waals surface area (Å²) in [6, 6.07) is 8.83. The van der Waals surface area contributed by atoms with Crippen LogP contribution >= 0.6 is 22.9 Å². The third-order valence-electron chi connectivity index (χ3n) is 6.09. The normalized spacial score (nSPS) is 18.2. The summed E-state index contributed by atoms with van der Waals surface area (Å²) < 4.78 is 23.8. The lowest BCUT2D eigenvalue weighted by Gasteiger charge is -2.28. The second-order valence-corrected chi connectivity index (χ2v) is 10.3. The van der Waals surface area contributed by atoms with E-state index in [0.717, 1.165) is 31.8 Å². The van der Waals surface area contributed by atoms with Crippen molar-refractivity contribution in [3.63, 3.8) is 0 Å². The zero-order chi connectivity index (χ0) is 24.7. The minimum Gasteiger partial charge on any atom is -0.488 e. The number of pyridine rings is 1. The van der Waals surface area contributed by atoms with Gasteiger partial charge in [-0.05, 0) is 36.8 Å².